The van der Waals surface area contributed by atoms with Gasteiger partial charge >= 0.3 is 0 Å². The molecule has 0 bridgehead atoms. The van der Waals surface area contributed by atoms with Crippen molar-refractivity contribution >= 4 is 41.5 Å². The summed E-state index contributed by atoms with van der Waals surface area (Å²) in [5, 5.41) is 7.37. The minimum atomic E-state index is -0.0726. The molecule has 0 aromatic heterocycles. The Kier molecular flexibility index (Phi) is 10.8. The Bertz CT molecular complexity index is 468. The molecule has 0 spiro atoms. The first kappa shape index (κ1) is 21.5. The molecule has 1 aromatic rings. The quantitative estimate of drug-likeness (QED) is 0.402. The highest BCUT2D eigenvalue weighted by molar-refractivity contribution is 14.0. The molecule has 4 nitrogen and oxygen atoms in total. The van der Waals surface area contributed by atoms with Crippen molar-refractivity contribution < 1.29 is 4.74 Å². The highest BCUT2D eigenvalue weighted by Gasteiger charge is 2.13. The largest absolute Gasteiger partial charge is 0.375 e. The lowest BCUT2D eigenvalue weighted by molar-refractivity contribution is 0.106. The van der Waals surface area contributed by atoms with Gasteiger partial charge in [0, 0.05) is 31.8 Å². The summed E-state index contributed by atoms with van der Waals surface area (Å²) in [5.41, 5.74) is 1.05. The van der Waals surface area contributed by atoms with Crippen LogP contribution in [0.5, 0.6) is 0 Å². The van der Waals surface area contributed by atoms with Crippen molar-refractivity contribution in [3.05, 3.63) is 34.9 Å². The third-order valence-corrected chi connectivity index (χ3v) is 3.78. The van der Waals surface area contributed by atoms with Gasteiger partial charge in [0.25, 0.3) is 0 Å². The van der Waals surface area contributed by atoms with Gasteiger partial charge in [-0.1, -0.05) is 37.6 Å². The van der Waals surface area contributed by atoms with Crippen LogP contribution >= 0.6 is 35.6 Å². The Balaban J connectivity index is 0.00000441. The number of hydrogen-bond acceptors (Lipinski definition) is 2. The van der Waals surface area contributed by atoms with Crippen LogP contribution in [0.3, 0.4) is 0 Å². The van der Waals surface area contributed by atoms with Gasteiger partial charge in [-0.15, -0.1) is 24.0 Å². The molecule has 2 unspecified atom stereocenters. The number of rotatable bonds is 6. The van der Waals surface area contributed by atoms with Crippen LogP contribution in [0.2, 0.25) is 5.02 Å². The number of hydrogen-bond donors (Lipinski definition) is 2. The van der Waals surface area contributed by atoms with Gasteiger partial charge in [0.15, 0.2) is 5.96 Å². The molecular formula is C16H27ClIN3O. The summed E-state index contributed by atoms with van der Waals surface area (Å²) in [6, 6.07) is 8.07. The van der Waals surface area contributed by atoms with Crippen LogP contribution in [-0.4, -0.2) is 32.7 Å². The minimum absolute atomic E-state index is 0. The fourth-order valence-electron chi connectivity index (χ4n) is 1.81. The van der Waals surface area contributed by atoms with E-state index in [2.05, 4.69) is 36.4 Å². The van der Waals surface area contributed by atoms with E-state index in [1.807, 2.05) is 24.3 Å². The van der Waals surface area contributed by atoms with Crippen molar-refractivity contribution in [2.24, 2.45) is 10.9 Å². The van der Waals surface area contributed by atoms with E-state index >= 15 is 0 Å². The molecule has 0 aliphatic heterocycles. The molecule has 0 saturated carbocycles. The van der Waals surface area contributed by atoms with Crippen LogP contribution in [0.1, 0.15) is 32.4 Å². The number of benzene rings is 1. The standard InChI is InChI=1S/C16H26ClN3O.HI/c1-11(2)12(3)20-16(18-4)19-10-15(21-5)13-7-6-8-14(17)9-13;/h6-9,11-12,15H,10H2,1-5H3,(H2,18,19,20);1H. The average Bonchev–Trinajstić information content (AvgIpc) is 2.46. The van der Waals surface area contributed by atoms with E-state index in [0.29, 0.717) is 23.5 Å². The molecular weight excluding hydrogens is 413 g/mol. The lowest BCUT2D eigenvalue weighted by atomic mass is 10.1. The van der Waals surface area contributed by atoms with Gasteiger partial charge in [-0.3, -0.25) is 4.99 Å². The average molecular weight is 440 g/mol. The first-order valence-electron chi connectivity index (χ1n) is 7.23. The summed E-state index contributed by atoms with van der Waals surface area (Å²) in [6.07, 6.45) is -0.0726. The highest BCUT2D eigenvalue weighted by Crippen LogP contribution is 2.19. The lowest BCUT2D eigenvalue weighted by Gasteiger charge is -2.23. The maximum absolute atomic E-state index is 6.03. The number of methoxy groups -OCH3 is 1. The predicted octanol–water partition coefficient (Wildman–Crippen LogP) is 3.86. The van der Waals surface area contributed by atoms with E-state index in [-0.39, 0.29) is 30.1 Å². The fourth-order valence-corrected chi connectivity index (χ4v) is 2.01. The monoisotopic (exact) mass is 439 g/mol. The van der Waals surface area contributed by atoms with Crippen LogP contribution in [0.4, 0.5) is 0 Å². The zero-order chi connectivity index (χ0) is 15.8. The fraction of sp³-hybridized carbons (Fsp3) is 0.562. The molecule has 6 heteroatoms. The molecule has 22 heavy (non-hydrogen) atoms. The van der Waals surface area contributed by atoms with Crippen molar-refractivity contribution in [3.8, 4) is 0 Å². The van der Waals surface area contributed by atoms with Gasteiger partial charge in [0.2, 0.25) is 0 Å². The number of nitrogens with zero attached hydrogens (tertiary/aromatic N) is 1. The summed E-state index contributed by atoms with van der Waals surface area (Å²) in [5.74, 6) is 1.31. The van der Waals surface area contributed by atoms with Crippen molar-refractivity contribution in [1.82, 2.24) is 10.6 Å². The summed E-state index contributed by atoms with van der Waals surface area (Å²) in [4.78, 5) is 4.24. The number of nitrogens with one attached hydrogen (secondary N) is 2. The van der Waals surface area contributed by atoms with E-state index < -0.39 is 0 Å². The third-order valence-electron chi connectivity index (χ3n) is 3.55. The van der Waals surface area contributed by atoms with Gasteiger partial charge in [0.1, 0.15) is 0 Å². The second-order valence-corrected chi connectivity index (χ2v) is 5.85. The number of halogens is 2. The van der Waals surface area contributed by atoms with Crippen LogP contribution < -0.4 is 10.6 Å². The van der Waals surface area contributed by atoms with Crippen molar-refractivity contribution in [1.29, 1.82) is 0 Å². The van der Waals surface area contributed by atoms with Crippen LogP contribution in [0.25, 0.3) is 0 Å². The molecule has 0 amide bonds. The molecule has 126 valence electrons. The second-order valence-electron chi connectivity index (χ2n) is 5.41. The normalized spacial score (nSPS) is 14.2. The van der Waals surface area contributed by atoms with Gasteiger partial charge < -0.3 is 15.4 Å². The Hall–Kier alpha value is -0.530. The molecule has 1 rings (SSSR count). The number of ether oxygens (including phenoxy) is 1. The summed E-state index contributed by atoms with van der Waals surface area (Å²) in [7, 11) is 3.46. The number of aliphatic imine (C=N–C) groups is 1. The van der Waals surface area contributed by atoms with Crippen LogP contribution in [0, 0.1) is 5.92 Å². The highest BCUT2D eigenvalue weighted by atomic mass is 127. The van der Waals surface area contributed by atoms with Crippen molar-refractivity contribution in [2.75, 3.05) is 20.7 Å². The van der Waals surface area contributed by atoms with E-state index in [1.165, 1.54) is 0 Å². The molecule has 1 aromatic carbocycles. The first-order chi connectivity index (χ1) is 9.97. The predicted molar refractivity (Wildman–Crippen MR) is 105 cm³/mol. The minimum Gasteiger partial charge on any atom is -0.375 e. The molecule has 0 radical (unpaired) electrons. The van der Waals surface area contributed by atoms with Crippen molar-refractivity contribution in [2.45, 2.75) is 32.9 Å². The topological polar surface area (TPSA) is 45.7 Å². The Morgan fingerprint density at radius 2 is 2.00 bits per heavy atom. The molecule has 0 saturated heterocycles. The van der Waals surface area contributed by atoms with E-state index in [1.54, 1.807) is 14.2 Å². The maximum atomic E-state index is 6.03. The van der Waals surface area contributed by atoms with Crippen molar-refractivity contribution in [3.63, 3.8) is 0 Å². The summed E-state index contributed by atoms with van der Waals surface area (Å²) >= 11 is 6.03. The molecule has 0 heterocycles. The Labute approximate surface area is 156 Å². The van der Waals surface area contributed by atoms with E-state index in [4.69, 9.17) is 16.3 Å². The molecule has 0 fully saturated rings. The SMILES string of the molecule is CN=C(NCC(OC)c1cccc(Cl)c1)NC(C)C(C)C.I. The van der Waals surface area contributed by atoms with Gasteiger partial charge in [-0.2, -0.15) is 0 Å². The lowest BCUT2D eigenvalue weighted by Crippen LogP contribution is -2.45. The first-order valence-corrected chi connectivity index (χ1v) is 7.61. The van der Waals surface area contributed by atoms with Gasteiger partial charge in [0.05, 0.1) is 6.10 Å². The van der Waals surface area contributed by atoms with E-state index in [9.17, 15) is 0 Å². The van der Waals surface area contributed by atoms with Gasteiger partial charge in [-0.05, 0) is 30.5 Å². The molecule has 0 aliphatic carbocycles. The summed E-state index contributed by atoms with van der Waals surface area (Å²) < 4.78 is 5.53. The van der Waals surface area contributed by atoms with E-state index in [0.717, 1.165) is 11.5 Å². The Morgan fingerprint density at radius 3 is 2.50 bits per heavy atom. The zero-order valence-corrected chi connectivity index (χ0v) is 17.0. The molecule has 2 atom stereocenters. The molecule has 0 aliphatic rings. The smallest absolute Gasteiger partial charge is 0.191 e. The van der Waals surface area contributed by atoms with Crippen LogP contribution in [0.15, 0.2) is 29.3 Å². The zero-order valence-electron chi connectivity index (χ0n) is 13.9. The second kappa shape index (κ2) is 11.1. The number of guanidine groups is 1. The van der Waals surface area contributed by atoms with Gasteiger partial charge in [-0.25, -0.2) is 0 Å². The summed E-state index contributed by atoms with van der Waals surface area (Å²) in [6.45, 7) is 7.12. The third kappa shape index (κ3) is 7.15. The van der Waals surface area contributed by atoms with Crippen LogP contribution in [-0.2, 0) is 4.74 Å². The maximum Gasteiger partial charge on any atom is 0.191 e. The molecule has 2 N–H and O–H groups in total. The Morgan fingerprint density at radius 1 is 1.32 bits per heavy atom.